The minimum absolute atomic E-state index is 0.0292. The molecule has 0 unspecified atom stereocenters. The van der Waals surface area contributed by atoms with Gasteiger partial charge in [-0.05, 0) is 116 Å². The first-order valence-corrected chi connectivity index (χ1v) is 27.0. The molecule has 15 rings (SSSR count). The van der Waals surface area contributed by atoms with Crippen LogP contribution < -0.4 is 15.7 Å². The van der Waals surface area contributed by atoms with Gasteiger partial charge in [0, 0.05) is 94.3 Å². The van der Waals surface area contributed by atoms with Crippen molar-refractivity contribution in [3.05, 3.63) is 187 Å². The molecule has 0 spiro atoms. The third-order valence-corrected chi connectivity index (χ3v) is 19.0. The maximum absolute atomic E-state index is 2.72. The lowest BCUT2D eigenvalue weighted by atomic mass is 9.44. The maximum atomic E-state index is 2.72. The molecule has 2 aliphatic rings. The Labute approximate surface area is 419 Å². The molecule has 0 atom stereocenters. The molecular formula is C64H47BN2S3. The lowest BCUT2D eigenvalue weighted by Crippen LogP contribution is -2.60. The number of rotatable bonds is 3. The average Bonchev–Trinajstić information content (AvgIpc) is 4.12. The van der Waals surface area contributed by atoms with Gasteiger partial charge in [0.25, 0.3) is 0 Å². The maximum Gasteiger partial charge on any atom is 0.333 e. The van der Waals surface area contributed by atoms with E-state index in [9.17, 15) is 0 Å². The van der Waals surface area contributed by atoms with Crippen LogP contribution in [-0.2, 0) is 10.8 Å². The highest BCUT2D eigenvalue weighted by Crippen LogP contribution is 2.52. The molecular weight excluding hydrogens is 904 g/mol. The van der Waals surface area contributed by atoms with Crippen LogP contribution in [-0.4, -0.2) is 11.4 Å². The molecule has 70 heavy (non-hydrogen) atoms. The van der Waals surface area contributed by atoms with Gasteiger partial charge >= 0.3 is 6.85 Å². The van der Waals surface area contributed by atoms with Crippen LogP contribution in [0.15, 0.2) is 176 Å². The summed E-state index contributed by atoms with van der Waals surface area (Å²) in [6.45, 7) is 13.8. The van der Waals surface area contributed by atoms with Crippen LogP contribution >= 0.6 is 34.0 Å². The Balaban J connectivity index is 1.11. The molecule has 9 aromatic carbocycles. The zero-order valence-electron chi connectivity index (χ0n) is 39.9. The summed E-state index contributed by atoms with van der Waals surface area (Å²) in [5.74, 6) is 0. The van der Waals surface area contributed by atoms with Gasteiger partial charge in [-0.25, -0.2) is 0 Å². The normalized spacial score (nSPS) is 13.5. The molecule has 334 valence electrons. The molecule has 0 bridgehead atoms. The Bertz CT molecular complexity index is 4370. The molecule has 0 saturated carbocycles. The Morgan fingerprint density at radius 2 is 1.06 bits per heavy atom. The predicted octanol–water partition coefficient (Wildman–Crippen LogP) is 17.9. The van der Waals surface area contributed by atoms with Crippen LogP contribution in [0.1, 0.15) is 52.7 Å². The van der Waals surface area contributed by atoms with Crippen LogP contribution in [0.4, 0.5) is 11.4 Å². The summed E-state index contributed by atoms with van der Waals surface area (Å²) in [6, 6.07) is 67.9. The zero-order chi connectivity index (χ0) is 46.9. The number of nitrogens with zero attached hydrogens (tertiary/aromatic N) is 2. The summed E-state index contributed by atoms with van der Waals surface area (Å²) < 4.78 is 9.31. The van der Waals surface area contributed by atoms with Crippen LogP contribution in [0, 0.1) is 0 Å². The molecule has 2 nitrogen and oxygen atoms in total. The first-order chi connectivity index (χ1) is 34.0. The van der Waals surface area contributed by atoms with Crippen LogP contribution in [0.5, 0.6) is 0 Å². The lowest BCUT2D eigenvalue weighted by Gasteiger charge is -2.42. The van der Waals surface area contributed by atoms with E-state index in [1.54, 1.807) is 0 Å². The van der Waals surface area contributed by atoms with Gasteiger partial charge in [-0.3, -0.25) is 0 Å². The fourth-order valence-electron chi connectivity index (χ4n) is 12.0. The molecule has 0 fully saturated rings. The standard InChI is InChI=1S/C64H47BN2S3/c1-63(2,3)38-21-24-40(25-22-38)67-52-35-58-47(46-29-39(64(4,5)6)23-28-55(46)69-58)30-44(52)42-26-27-43-45-33-56-48(41-19-13-14-20-54(41)68-56)31-51(45)66-53-32-49-57(34-50(53)65(67)60(42)61(43)66)70-62(37-17-11-8-12-18-37)59(49)36-15-9-7-10-16-36/h7-35H,1-6H3. The zero-order valence-corrected chi connectivity index (χ0v) is 42.4. The monoisotopic (exact) mass is 950 g/mol. The first kappa shape index (κ1) is 40.9. The van der Waals surface area contributed by atoms with Crippen molar-refractivity contribution < 1.29 is 0 Å². The molecule has 0 saturated heterocycles. The van der Waals surface area contributed by atoms with Gasteiger partial charge in [0.15, 0.2) is 0 Å². The van der Waals surface area contributed by atoms with Crippen LogP contribution in [0.25, 0.3) is 111 Å². The molecule has 6 heteroatoms. The van der Waals surface area contributed by atoms with Gasteiger partial charge in [0.05, 0.1) is 11.0 Å². The fourth-order valence-corrected chi connectivity index (χ4v) is 15.5. The number of hydrogen-bond donors (Lipinski definition) is 0. The average molecular weight is 951 g/mol. The van der Waals surface area contributed by atoms with E-state index in [2.05, 4.69) is 227 Å². The molecule has 0 amide bonds. The van der Waals surface area contributed by atoms with Crippen molar-refractivity contribution in [3.63, 3.8) is 0 Å². The van der Waals surface area contributed by atoms with E-state index in [-0.39, 0.29) is 17.7 Å². The van der Waals surface area contributed by atoms with Gasteiger partial charge in [0.1, 0.15) is 0 Å². The molecule has 2 aliphatic heterocycles. The number of aromatic nitrogens is 1. The topological polar surface area (TPSA) is 8.17 Å². The van der Waals surface area contributed by atoms with Gasteiger partial charge < -0.3 is 9.38 Å². The van der Waals surface area contributed by atoms with Crippen molar-refractivity contribution in [2.75, 3.05) is 4.81 Å². The Hall–Kier alpha value is -6.96. The number of benzene rings is 9. The smallest absolute Gasteiger partial charge is 0.333 e. The highest BCUT2D eigenvalue weighted by molar-refractivity contribution is 7.26. The van der Waals surface area contributed by atoms with Crippen molar-refractivity contribution in [2.24, 2.45) is 0 Å². The van der Waals surface area contributed by atoms with Gasteiger partial charge in [-0.15, -0.1) is 34.0 Å². The summed E-state index contributed by atoms with van der Waals surface area (Å²) >= 11 is 5.77. The van der Waals surface area contributed by atoms with Gasteiger partial charge in [-0.1, -0.05) is 151 Å². The van der Waals surface area contributed by atoms with Gasteiger partial charge in [0.2, 0.25) is 0 Å². The van der Waals surface area contributed by atoms with E-state index in [0.29, 0.717) is 0 Å². The van der Waals surface area contributed by atoms with E-state index in [1.165, 1.54) is 144 Å². The molecule has 4 aromatic heterocycles. The minimum atomic E-state index is -0.0911. The van der Waals surface area contributed by atoms with Crippen molar-refractivity contribution in [2.45, 2.75) is 52.4 Å². The van der Waals surface area contributed by atoms with E-state index in [4.69, 9.17) is 0 Å². The van der Waals surface area contributed by atoms with E-state index < -0.39 is 0 Å². The first-order valence-electron chi connectivity index (χ1n) is 24.5. The SMILES string of the molecule is CC(C)(C)c1ccc(N2B3c4cc5sc(-c6ccccc6)c(-c6ccccc6)c5cc4-n4c5cc6c(cc5c5ccc(c3c54)-c3cc4c(cc32)sc2ccc(C(C)(C)C)cc24)sc2ccccc26)cc1. The summed E-state index contributed by atoms with van der Waals surface area (Å²) in [5.41, 5.74) is 18.2. The molecule has 6 heterocycles. The fraction of sp³-hybridized carbons (Fsp3) is 0.125. The second-order valence-corrected chi connectivity index (χ2v) is 24.9. The number of fused-ring (bicyclic) bond motifs is 15. The summed E-state index contributed by atoms with van der Waals surface area (Å²) in [6.07, 6.45) is 0. The highest BCUT2D eigenvalue weighted by atomic mass is 32.1. The number of anilines is 2. The van der Waals surface area contributed by atoms with Crippen molar-refractivity contribution in [1.29, 1.82) is 0 Å². The highest BCUT2D eigenvalue weighted by Gasteiger charge is 2.45. The summed E-state index contributed by atoms with van der Waals surface area (Å²) in [4.78, 5) is 4.03. The van der Waals surface area contributed by atoms with Crippen molar-refractivity contribution in [1.82, 2.24) is 4.57 Å². The second-order valence-electron chi connectivity index (χ2n) is 21.7. The second kappa shape index (κ2) is 14.3. The van der Waals surface area contributed by atoms with E-state index in [0.717, 1.165) is 0 Å². The van der Waals surface area contributed by atoms with Crippen molar-refractivity contribution in [3.8, 4) is 38.4 Å². The molecule has 13 aromatic rings. The third-order valence-electron chi connectivity index (χ3n) is 15.5. The number of thiophene rings is 3. The van der Waals surface area contributed by atoms with Crippen LogP contribution in [0.3, 0.4) is 0 Å². The summed E-state index contributed by atoms with van der Waals surface area (Å²) in [5, 5.41) is 9.25. The molecule has 0 radical (unpaired) electrons. The van der Waals surface area contributed by atoms with E-state index in [1.807, 2.05) is 34.0 Å². The largest absolute Gasteiger partial charge is 0.376 e. The van der Waals surface area contributed by atoms with Crippen LogP contribution in [0.2, 0.25) is 0 Å². The molecule has 0 aliphatic carbocycles. The van der Waals surface area contributed by atoms with E-state index >= 15 is 0 Å². The predicted molar refractivity (Wildman–Crippen MR) is 309 cm³/mol. The minimum Gasteiger partial charge on any atom is -0.376 e. The third kappa shape index (κ3) is 5.73. The molecule has 0 N–H and O–H groups in total. The Kier molecular flexibility index (Phi) is 8.37. The Morgan fingerprint density at radius 3 is 1.81 bits per heavy atom. The number of hydrogen-bond acceptors (Lipinski definition) is 4. The Morgan fingerprint density at radius 1 is 0.414 bits per heavy atom. The lowest BCUT2D eigenvalue weighted by molar-refractivity contribution is 0.590. The van der Waals surface area contributed by atoms with Gasteiger partial charge in [-0.2, -0.15) is 0 Å². The summed E-state index contributed by atoms with van der Waals surface area (Å²) in [7, 11) is 0. The van der Waals surface area contributed by atoms with Crippen molar-refractivity contribution >= 4 is 135 Å². The quantitative estimate of drug-likeness (QED) is 0.160.